The maximum Gasteiger partial charge on any atom is 0.289 e. The number of hydrogen-bond acceptors (Lipinski definition) is 6. The molecule has 0 unspecified atom stereocenters. The Balaban J connectivity index is 1.63. The third-order valence-corrected chi connectivity index (χ3v) is 6.89. The fourth-order valence-electron chi connectivity index (χ4n) is 4.62. The highest BCUT2D eigenvalue weighted by molar-refractivity contribution is 5.97. The van der Waals surface area contributed by atoms with Gasteiger partial charge in [-0.2, -0.15) is 0 Å². The number of nitrogens with zero attached hydrogens (tertiary/aromatic N) is 3. The molecule has 2 heterocycles. The Morgan fingerprint density at radius 2 is 2.00 bits per heavy atom. The minimum absolute atomic E-state index is 0.0178. The number of aryl methyl sites for hydroxylation is 1. The van der Waals surface area contributed by atoms with E-state index in [1.807, 2.05) is 25.1 Å². The van der Waals surface area contributed by atoms with Crippen LogP contribution in [0.5, 0.6) is 0 Å². The lowest BCUT2D eigenvalue weighted by molar-refractivity contribution is 0.0936. The van der Waals surface area contributed by atoms with Crippen molar-refractivity contribution >= 4 is 28.5 Å². The zero-order chi connectivity index (χ0) is 24.8. The van der Waals surface area contributed by atoms with E-state index in [4.69, 9.17) is 20.1 Å². The van der Waals surface area contributed by atoms with E-state index in [-0.39, 0.29) is 23.8 Å². The van der Waals surface area contributed by atoms with Crippen LogP contribution in [0.15, 0.2) is 46.0 Å². The van der Waals surface area contributed by atoms with E-state index < -0.39 is 0 Å². The van der Waals surface area contributed by atoms with Crippen LogP contribution in [-0.2, 0) is 0 Å². The van der Waals surface area contributed by atoms with Crippen molar-refractivity contribution in [3.63, 3.8) is 0 Å². The summed E-state index contributed by atoms with van der Waals surface area (Å²) in [5, 5.41) is 7.52. The van der Waals surface area contributed by atoms with Crippen molar-refractivity contribution in [1.82, 2.24) is 15.3 Å². The number of hydrogen-bond donors (Lipinski definition) is 3. The first-order valence-electron chi connectivity index (χ1n) is 12.7. The summed E-state index contributed by atoms with van der Waals surface area (Å²) in [6.45, 7) is 6.93. The normalized spacial score (nSPS) is 18.7. The molecule has 1 amide bonds. The van der Waals surface area contributed by atoms with Gasteiger partial charge in [0.15, 0.2) is 11.6 Å². The molecule has 8 nitrogen and oxygen atoms in total. The lowest BCUT2D eigenvalue weighted by atomic mass is 9.90. The summed E-state index contributed by atoms with van der Waals surface area (Å²) in [6, 6.07) is 9.65. The van der Waals surface area contributed by atoms with Crippen molar-refractivity contribution in [2.75, 3.05) is 11.9 Å². The van der Waals surface area contributed by atoms with E-state index in [2.05, 4.69) is 35.5 Å². The molecule has 0 aliphatic heterocycles. The van der Waals surface area contributed by atoms with Gasteiger partial charge in [0.25, 0.3) is 5.91 Å². The molecule has 1 aliphatic carbocycles. The molecule has 1 aliphatic rings. The molecule has 2 aromatic heterocycles. The second-order valence-corrected chi connectivity index (χ2v) is 9.40. The Labute approximate surface area is 206 Å². The highest BCUT2D eigenvalue weighted by atomic mass is 16.3. The van der Waals surface area contributed by atoms with Crippen LogP contribution >= 0.6 is 0 Å². The SMILES string of the molecule is CCC(CC)CNC(=O)c1nc(N[C@H]2CCCC[C@H]2N=C(N)c2ccco2)c2cc(C)ccc2n1. The first-order valence-corrected chi connectivity index (χ1v) is 12.7. The molecule has 8 heteroatoms. The number of nitrogens with one attached hydrogen (secondary N) is 2. The summed E-state index contributed by atoms with van der Waals surface area (Å²) >= 11 is 0. The van der Waals surface area contributed by atoms with Crippen LogP contribution in [0.25, 0.3) is 10.9 Å². The van der Waals surface area contributed by atoms with E-state index >= 15 is 0 Å². The van der Waals surface area contributed by atoms with Gasteiger partial charge in [-0.1, -0.05) is 51.2 Å². The maximum atomic E-state index is 13.0. The van der Waals surface area contributed by atoms with Gasteiger partial charge in [0.05, 0.1) is 17.8 Å². The van der Waals surface area contributed by atoms with E-state index in [0.717, 1.165) is 55.0 Å². The van der Waals surface area contributed by atoms with Gasteiger partial charge in [0.1, 0.15) is 5.82 Å². The van der Waals surface area contributed by atoms with Crippen LogP contribution < -0.4 is 16.4 Å². The van der Waals surface area contributed by atoms with Crippen LogP contribution in [0.1, 0.15) is 74.3 Å². The van der Waals surface area contributed by atoms with E-state index in [9.17, 15) is 4.79 Å². The molecule has 0 spiro atoms. The summed E-state index contributed by atoms with van der Waals surface area (Å²) in [4.78, 5) is 27.0. The number of aliphatic imine (C=N–C) groups is 1. The number of rotatable bonds is 9. The van der Waals surface area contributed by atoms with Crippen molar-refractivity contribution in [3.05, 3.63) is 53.7 Å². The monoisotopic (exact) mass is 476 g/mol. The molecule has 1 saturated carbocycles. The van der Waals surface area contributed by atoms with Crippen LogP contribution in [0.2, 0.25) is 0 Å². The Morgan fingerprint density at radius 1 is 1.20 bits per heavy atom. The van der Waals surface area contributed by atoms with E-state index in [1.54, 1.807) is 12.3 Å². The molecule has 1 aromatic carbocycles. The van der Waals surface area contributed by atoms with Crippen LogP contribution in [0, 0.1) is 12.8 Å². The molecule has 4 rings (SSSR count). The molecule has 0 saturated heterocycles. The number of carbonyl (C=O) groups excluding carboxylic acids is 1. The smallest absolute Gasteiger partial charge is 0.289 e. The molecule has 0 radical (unpaired) electrons. The van der Waals surface area contributed by atoms with Crippen LogP contribution in [0.3, 0.4) is 0 Å². The first-order chi connectivity index (χ1) is 17.0. The number of aromatic nitrogens is 2. The molecular formula is C27H36N6O2. The molecule has 186 valence electrons. The Morgan fingerprint density at radius 3 is 2.74 bits per heavy atom. The summed E-state index contributed by atoms with van der Waals surface area (Å²) in [7, 11) is 0. The van der Waals surface area contributed by atoms with Gasteiger partial charge in [0, 0.05) is 18.0 Å². The predicted molar refractivity (Wildman–Crippen MR) is 140 cm³/mol. The number of anilines is 1. The largest absolute Gasteiger partial charge is 0.461 e. The lowest BCUT2D eigenvalue weighted by Crippen LogP contribution is -2.37. The molecule has 1 fully saturated rings. The van der Waals surface area contributed by atoms with Gasteiger partial charge in [-0.3, -0.25) is 9.79 Å². The van der Waals surface area contributed by atoms with Crippen molar-refractivity contribution in [2.45, 2.75) is 71.4 Å². The highest BCUT2D eigenvalue weighted by Crippen LogP contribution is 2.28. The Bertz CT molecular complexity index is 1170. The van der Waals surface area contributed by atoms with Crippen molar-refractivity contribution in [1.29, 1.82) is 0 Å². The Kier molecular flexibility index (Phi) is 8.00. The van der Waals surface area contributed by atoms with Crippen molar-refractivity contribution in [3.8, 4) is 0 Å². The van der Waals surface area contributed by atoms with Crippen LogP contribution in [0.4, 0.5) is 5.82 Å². The molecule has 4 N–H and O–H groups in total. The summed E-state index contributed by atoms with van der Waals surface area (Å²) in [5.74, 6) is 2.02. The number of carbonyl (C=O) groups is 1. The Hall–Kier alpha value is -3.42. The zero-order valence-corrected chi connectivity index (χ0v) is 20.9. The summed E-state index contributed by atoms with van der Waals surface area (Å²) in [5.41, 5.74) is 8.08. The zero-order valence-electron chi connectivity index (χ0n) is 20.9. The number of fused-ring (bicyclic) bond motifs is 1. The maximum absolute atomic E-state index is 13.0. The van der Waals surface area contributed by atoms with Crippen LogP contribution in [-0.4, -0.2) is 40.3 Å². The second kappa shape index (κ2) is 11.3. The quantitative estimate of drug-likeness (QED) is 0.301. The van der Waals surface area contributed by atoms with Gasteiger partial charge in [-0.05, 0) is 49.9 Å². The molecule has 3 aromatic rings. The van der Waals surface area contributed by atoms with Crippen molar-refractivity contribution < 1.29 is 9.21 Å². The third kappa shape index (κ3) is 5.99. The van der Waals surface area contributed by atoms with Gasteiger partial charge in [-0.25, -0.2) is 9.97 Å². The standard InChI is InChI=1S/C27H36N6O2/c1-4-18(5-2)16-29-27(34)26-31-20-13-12-17(3)15-19(20)25(33-26)32-22-10-7-6-9-21(22)30-24(28)23-11-8-14-35-23/h8,11-15,18,21-22H,4-7,9-10,16H2,1-3H3,(H2,28,30)(H,29,34)(H,31,32,33)/t21-,22+/m1/s1. The lowest BCUT2D eigenvalue weighted by Gasteiger charge is -2.30. The summed E-state index contributed by atoms with van der Waals surface area (Å²) in [6.07, 6.45) is 7.68. The molecule has 2 atom stereocenters. The molecule has 35 heavy (non-hydrogen) atoms. The fourth-order valence-corrected chi connectivity index (χ4v) is 4.62. The van der Waals surface area contributed by atoms with Crippen molar-refractivity contribution in [2.24, 2.45) is 16.6 Å². The summed E-state index contributed by atoms with van der Waals surface area (Å²) < 4.78 is 5.42. The number of furan rings is 1. The number of amidine groups is 1. The highest BCUT2D eigenvalue weighted by Gasteiger charge is 2.27. The predicted octanol–water partition coefficient (Wildman–Crippen LogP) is 4.83. The van der Waals surface area contributed by atoms with E-state index in [0.29, 0.717) is 29.9 Å². The average Bonchev–Trinajstić information content (AvgIpc) is 3.41. The molecule has 0 bridgehead atoms. The van der Waals surface area contributed by atoms with Gasteiger partial charge in [0.2, 0.25) is 5.82 Å². The number of amides is 1. The number of nitrogens with two attached hydrogens (primary N) is 1. The molecular weight excluding hydrogens is 440 g/mol. The average molecular weight is 477 g/mol. The van der Waals surface area contributed by atoms with E-state index in [1.165, 1.54) is 0 Å². The first kappa shape index (κ1) is 24.7. The second-order valence-electron chi connectivity index (χ2n) is 9.40. The fraction of sp³-hybridized carbons (Fsp3) is 0.481. The van der Waals surface area contributed by atoms with Gasteiger partial charge >= 0.3 is 0 Å². The van der Waals surface area contributed by atoms with Gasteiger partial charge < -0.3 is 20.8 Å². The minimum Gasteiger partial charge on any atom is -0.461 e. The van der Waals surface area contributed by atoms with Gasteiger partial charge in [-0.15, -0.1) is 0 Å². The minimum atomic E-state index is -0.247. The number of benzene rings is 1. The third-order valence-electron chi connectivity index (χ3n) is 6.89. The topological polar surface area (TPSA) is 118 Å².